The molecule has 0 fully saturated rings. The molecule has 0 aliphatic heterocycles. The van der Waals surface area contributed by atoms with Gasteiger partial charge in [0.1, 0.15) is 5.75 Å². The molecule has 0 saturated carbocycles. The van der Waals surface area contributed by atoms with Crippen LogP contribution in [0.4, 0.5) is 11.4 Å². The Balaban J connectivity index is 2.31. The van der Waals surface area contributed by atoms with Crippen molar-refractivity contribution in [3.8, 4) is 5.75 Å². The van der Waals surface area contributed by atoms with Crippen LogP contribution in [-0.4, -0.2) is 19.1 Å². The number of nitrogens with two attached hydrogens (primary N) is 1. The van der Waals surface area contributed by atoms with E-state index in [-0.39, 0.29) is 0 Å². The molecule has 4 heteroatoms. The maximum absolute atomic E-state index is 5.54. The molecular weight excluding hydrogens is 226 g/mol. The van der Waals surface area contributed by atoms with Gasteiger partial charge in [-0.25, -0.2) is 0 Å². The summed E-state index contributed by atoms with van der Waals surface area (Å²) < 4.78 is 5.35. The second-order valence-corrected chi connectivity index (χ2v) is 3.94. The summed E-state index contributed by atoms with van der Waals surface area (Å²) in [5.41, 5.74) is 8.42. The Bertz CT molecular complexity index is 511. The Kier molecular flexibility index (Phi) is 3.79. The van der Waals surface area contributed by atoms with Crippen molar-refractivity contribution in [2.45, 2.75) is 6.54 Å². The lowest BCUT2D eigenvalue weighted by Gasteiger charge is -2.21. The van der Waals surface area contributed by atoms with Gasteiger partial charge in [-0.05, 0) is 24.3 Å². The summed E-state index contributed by atoms with van der Waals surface area (Å²) >= 11 is 0. The van der Waals surface area contributed by atoms with Crippen molar-refractivity contribution in [2.75, 3.05) is 19.1 Å². The third kappa shape index (κ3) is 2.43. The summed E-state index contributed by atoms with van der Waals surface area (Å²) in [6.07, 6.45) is 1.81. The minimum Gasteiger partial charge on any atom is -0.495 e. The molecule has 1 aromatic carbocycles. The molecule has 2 N–H and O–H groups in total. The number of pyridine rings is 1. The average molecular weight is 243 g/mol. The molecule has 0 aliphatic carbocycles. The van der Waals surface area contributed by atoms with Crippen LogP contribution >= 0.6 is 0 Å². The Morgan fingerprint density at radius 3 is 2.61 bits per heavy atom. The minimum atomic E-state index is 0.457. The number of rotatable bonds is 4. The van der Waals surface area contributed by atoms with Gasteiger partial charge in [0, 0.05) is 13.6 Å². The first kappa shape index (κ1) is 12.4. The first-order chi connectivity index (χ1) is 8.76. The van der Waals surface area contributed by atoms with Crippen molar-refractivity contribution in [1.29, 1.82) is 0 Å². The number of nitrogens with zero attached hydrogens (tertiary/aromatic N) is 2. The van der Waals surface area contributed by atoms with Gasteiger partial charge in [0.05, 0.1) is 30.4 Å². The Morgan fingerprint density at radius 1 is 1.22 bits per heavy atom. The summed E-state index contributed by atoms with van der Waals surface area (Å²) in [6.45, 7) is 0.457. The van der Waals surface area contributed by atoms with E-state index in [4.69, 9.17) is 10.5 Å². The van der Waals surface area contributed by atoms with Crippen molar-refractivity contribution < 1.29 is 4.74 Å². The van der Waals surface area contributed by atoms with Gasteiger partial charge >= 0.3 is 0 Å². The molecule has 4 nitrogen and oxygen atoms in total. The lowest BCUT2D eigenvalue weighted by atomic mass is 10.2. The molecule has 0 saturated heterocycles. The number of aromatic nitrogens is 1. The molecule has 0 amide bonds. The molecule has 18 heavy (non-hydrogen) atoms. The van der Waals surface area contributed by atoms with E-state index in [9.17, 15) is 0 Å². The number of hydrogen-bond donors (Lipinski definition) is 1. The molecule has 2 rings (SSSR count). The monoisotopic (exact) mass is 243 g/mol. The minimum absolute atomic E-state index is 0.457. The van der Waals surface area contributed by atoms with Crippen LogP contribution in [-0.2, 0) is 6.54 Å². The van der Waals surface area contributed by atoms with E-state index in [1.807, 2.05) is 54.5 Å². The molecule has 0 radical (unpaired) electrons. The number of anilines is 2. The molecule has 0 spiro atoms. The molecule has 94 valence electrons. The fourth-order valence-electron chi connectivity index (χ4n) is 1.78. The predicted molar refractivity (Wildman–Crippen MR) is 73.2 cm³/mol. The van der Waals surface area contributed by atoms with Crippen molar-refractivity contribution in [2.24, 2.45) is 5.73 Å². The summed E-state index contributed by atoms with van der Waals surface area (Å²) in [5.74, 6) is 0.836. The van der Waals surface area contributed by atoms with E-state index in [1.165, 1.54) is 0 Å². The van der Waals surface area contributed by atoms with Crippen LogP contribution in [0, 0.1) is 0 Å². The fourth-order valence-corrected chi connectivity index (χ4v) is 1.78. The van der Waals surface area contributed by atoms with E-state index in [2.05, 4.69) is 4.98 Å². The maximum Gasteiger partial charge on any atom is 0.142 e. The predicted octanol–water partition coefficient (Wildman–Crippen LogP) is 2.32. The van der Waals surface area contributed by atoms with Gasteiger partial charge in [0.15, 0.2) is 0 Å². The zero-order valence-electron chi connectivity index (χ0n) is 10.6. The molecule has 0 bridgehead atoms. The summed E-state index contributed by atoms with van der Waals surface area (Å²) in [5, 5.41) is 0. The molecule has 0 unspecified atom stereocenters. The number of benzene rings is 1. The standard InChI is InChI=1S/C14H17N3O/c1-17(12-8-7-11(9-15)16-10-12)13-5-3-4-6-14(13)18-2/h3-8,10H,9,15H2,1-2H3. The highest BCUT2D eigenvalue weighted by Crippen LogP contribution is 2.31. The highest BCUT2D eigenvalue weighted by molar-refractivity contribution is 5.67. The number of hydrogen-bond acceptors (Lipinski definition) is 4. The van der Waals surface area contributed by atoms with E-state index in [0.717, 1.165) is 22.8 Å². The van der Waals surface area contributed by atoms with Gasteiger partial charge in [0.25, 0.3) is 0 Å². The second-order valence-electron chi connectivity index (χ2n) is 3.94. The van der Waals surface area contributed by atoms with E-state index < -0.39 is 0 Å². The van der Waals surface area contributed by atoms with Crippen molar-refractivity contribution in [1.82, 2.24) is 4.98 Å². The first-order valence-electron chi connectivity index (χ1n) is 5.78. The Morgan fingerprint density at radius 2 is 2.00 bits per heavy atom. The molecular formula is C14H17N3O. The van der Waals surface area contributed by atoms with E-state index in [1.54, 1.807) is 7.11 Å². The summed E-state index contributed by atoms with van der Waals surface area (Å²) in [7, 11) is 3.65. The van der Waals surface area contributed by atoms with Crippen LogP contribution in [0.15, 0.2) is 42.6 Å². The van der Waals surface area contributed by atoms with Crippen molar-refractivity contribution >= 4 is 11.4 Å². The van der Waals surface area contributed by atoms with E-state index >= 15 is 0 Å². The van der Waals surface area contributed by atoms with Crippen LogP contribution in [0.3, 0.4) is 0 Å². The third-order valence-electron chi connectivity index (χ3n) is 2.85. The number of methoxy groups -OCH3 is 1. The number of para-hydroxylation sites is 2. The molecule has 0 aliphatic rings. The van der Waals surface area contributed by atoms with Gasteiger partial charge in [-0.1, -0.05) is 12.1 Å². The lowest BCUT2D eigenvalue weighted by Crippen LogP contribution is -2.11. The zero-order chi connectivity index (χ0) is 13.0. The molecule has 1 heterocycles. The van der Waals surface area contributed by atoms with Gasteiger partial charge in [0.2, 0.25) is 0 Å². The van der Waals surface area contributed by atoms with Gasteiger partial charge in [-0.3, -0.25) is 4.98 Å². The summed E-state index contributed by atoms with van der Waals surface area (Å²) in [4.78, 5) is 6.33. The highest BCUT2D eigenvalue weighted by atomic mass is 16.5. The average Bonchev–Trinajstić information content (AvgIpc) is 2.46. The smallest absolute Gasteiger partial charge is 0.142 e. The second kappa shape index (κ2) is 5.51. The lowest BCUT2D eigenvalue weighted by molar-refractivity contribution is 0.415. The van der Waals surface area contributed by atoms with Crippen molar-refractivity contribution in [3.63, 3.8) is 0 Å². The van der Waals surface area contributed by atoms with E-state index in [0.29, 0.717) is 6.54 Å². The van der Waals surface area contributed by atoms with Crippen LogP contribution in [0.25, 0.3) is 0 Å². The van der Waals surface area contributed by atoms with Gasteiger partial charge in [-0.15, -0.1) is 0 Å². The van der Waals surface area contributed by atoms with Crippen LogP contribution in [0.5, 0.6) is 5.75 Å². The Labute approximate surface area is 107 Å². The topological polar surface area (TPSA) is 51.4 Å². The molecule has 2 aromatic rings. The van der Waals surface area contributed by atoms with Gasteiger partial charge < -0.3 is 15.4 Å². The largest absolute Gasteiger partial charge is 0.495 e. The first-order valence-corrected chi connectivity index (χ1v) is 5.78. The zero-order valence-corrected chi connectivity index (χ0v) is 10.6. The van der Waals surface area contributed by atoms with Crippen LogP contribution < -0.4 is 15.4 Å². The Hall–Kier alpha value is -2.07. The fraction of sp³-hybridized carbons (Fsp3) is 0.214. The highest BCUT2D eigenvalue weighted by Gasteiger charge is 2.09. The van der Waals surface area contributed by atoms with Gasteiger partial charge in [-0.2, -0.15) is 0 Å². The molecule has 1 aromatic heterocycles. The molecule has 0 atom stereocenters. The quantitative estimate of drug-likeness (QED) is 0.895. The van der Waals surface area contributed by atoms with Crippen molar-refractivity contribution in [3.05, 3.63) is 48.3 Å². The third-order valence-corrected chi connectivity index (χ3v) is 2.85. The van der Waals surface area contributed by atoms with Crippen LogP contribution in [0.2, 0.25) is 0 Å². The maximum atomic E-state index is 5.54. The number of ether oxygens (including phenoxy) is 1. The van der Waals surface area contributed by atoms with Crippen LogP contribution in [0.1, 0.15) is 5.69 Å². The SMILES string of the molecule is COc1ccccc1N(C)c1ccc(CN)nc1. The summed E-state index contributed by atoms with van der Waals surface area (Å²) in [6, 6.07) is 11.8. The normalized spacial score (nSPS) is 10.2.